The largest absolute Gasteiger partial charge is 0.330 e. The van der Waals surface area contributed by atoms with Gasteiger partial charge in [0.2, 0.25) is 5.91 Å². The average Bonchev–Trinajstić information content (AvgIpc) is 2.25. The Labute approximate surface area is 97.0 Å². The van der Waals surface area contributed by atoms with Gasteiger partial charge in [-0.2, -0.15) is 0 Å². The number of benzene rings is 1. The molecule has 1 rings (SSSR count). The normalized spacial score (nSPS) is 12.2. The molecule has 1 amide bonds. The third-order valence-corrected chi connectivity index (χ3v) is 2.80. The molecule has 1 aromatic carbocycles. The van der Waals surface area contributed by atoms with E-state index in [9.17, 15) is 4.79 Å². The van der Waals surface area contributed by atoms with Gasteiger partial charge in [-0.1, -0.05) is 19.1 Å². The summed E-state index contributed by atoms with van der Waals surface area (Å²) >= 11 is 0. The van der Waals surface area contributed by atoms with Crippen LogP contribution < -0.4 is 11.1 Å². The van der Waals surface area contributed by atoms with Crippen molar-refractivity contribution < 1.29 is 4.79 Å². The number of aryl methyl sites for hydroxylation is 2. The maximum atomic E-state index is 11.8. The fourth-order valence-electron chi connectivity index (χ4n) is 1.56. The number of amides is 1. The van der Waals surface area contributed by atoms with Gasteiger partial charge in [0.15, 0.2) is 0 Å². The minimum Gasteiger partial charge on any atom is -0.330 e. The van der Waals surface area contributed by atoms with Crippen LogP contribution in [0.2, 0.25) is 0 Å². The van der Waals surface area contributed by atoms with E-state index in [2.05, 4.69) is 5.32 Å². The highest BCUT2D eigenvalue weighted by Gasteiger charge is 2.15. The molecule has 0 spiro atoms. The summed E-state index contributed by atoms with van der Waals surface area (Å²) in [5.74, 6) is -0.0846. The molecule has 3 N–H and O–H groups in total. The molecule has 0 aliphatic carbocycles. The van der Waals surface area contributed by atoms with Crippen LogP contribution in [0.1, 0.15) is 24.5 Å². The zero-order valence-electron chi connectivity index (χ0n) is 10.2. The number of anilines is 1. The molecule has 1 unspecified atom stereocenters. The Hall–Kier alpha value is -1.35. The average molecular weight is 220 g/mol. The van der Waals surface area contributed by atoms with Crippen molar-refractivity contribution in [2.24, 2.45) is 11.7 Å². The summed E-state index contributed by atoms with van der Waals surface area (Å²) < 4.78 is 0. The van der Waals surface area contributed by atoms with E-state index in [4.69, 9.17) is 5.73 Å². The number of nitrogens with two attached hydrogens (primary N) is 1. The highest BCUT2D eigenvalue weighted by molar-refractivity contribution is 5.93. The van der Waals surface area contributed by atoms with Crippen LogP contribution in [0.4, 0.5) is 5.69 Å². The van der Waals surface area contributed by atoms with Crippen LogP contribution in [-0.4, -0.2) is 12.5 Å². The second-order valence-electron chi connectivity index (χ2n) is 4.15. The van der Waals surface area contributed by atoms with E-state index in [0.29, 0.717) is 6.54 Å². The minimum atomic E-state index is -0.0973. The van der Waals surface area contributed by atoms with Crippen molar-refractivity contribution in [3.8, 4) is 0 Å². The van der Waals surface area contributed by atoms with Gasteiger partial charge in [-0.15, -0.1) is 0 Å². The zero-order valence-corrected chi connectivity index (χ0v) is 10.2. The topological polar surface area (TPSA) is 55.1 Å². The van der Waals surface area contributed by atoms with E-state index in [0.717, 1.165) is 23.2 Å². The maximum Gasteiger partial charge on any atom is 0.228 e. The summed E-state index contributed by atoms with van der Waals surface area (Å²) in [5.41, 5.74) is 8.65. The Morgan fingerprint density at radius 3 is 2.69 bits per heavy atom. The monoisotopic (exact) mass is 220 g/mol. The molecule has 0 saturated heterocycles. The van der Waals surface area contributed by atoms with Crippen molar-refractivity contribution in [1.82, 2.24) is 0 Å². The summed E-state index contributed by atoms with van der Waals surface area (Å²) in [5, 5.41) is 2.93. The van der Waals surface area contributed by atoms with Crippen LogP contribution in [0, 0.1) is 19.8 Å². The standard InChI is InChI=1S/C13H20N2O/c1-4-11(8-14)13(16)15-12-7-9(2)5-6-10(12)3/h5-7,11H,4,8,14H2,1-3H3,(H,15,16). The SMILES string of the molecule is CCC(CN)C(=O)Nc1cc(C)ccc1C. The molecule has 0 fully saturated rings. The van der Waals surface area contributed by atoms with Crippen molar-refractivity contribution in [1.29, 1.82) is 0 Å². The first kappa shape index (κ1) is 12.7. The predicted octanol–water partition coefficient (Wildman–Crippen LogP) is 2.23. The third-order valence-electron chi connectivity index (χ3n) is 2.80. The van der Waals surface area contributed by atoms with Crippen LogP contribution in [0.15, 0.2) is 18.2 Å². The van der Waals surface area contributed by atoms with Gasteiger partial charge < -0.3 is 11.1 Å². The predicted molar refractivity (Wildman–Crippen MR) is 67.4 cm³/mol. The van der Waals surface area contributed by atoms with Crippen LogP contribution >= 0.6 is 0 Å². The molecular weight excluding hydrogens is 200 g/mol. The Bertz CT molecular complexity index is 370. The zero-order chi connectivity index (χ0) is 12.1. The van der Waals surface area contributed by atoms with Gasteiger partial charge in [0.05, 0.1) is 5.92 Å². The van der Waals surface area contributed by atoms with Gasteiger partial charge in [-0.3, -0.25) is 4.79 Å². The first-order chi connectivity index (χ1) is 7.58. The summed E-state index contributed by atoms with van der Waals surface area (Å²) in [6, 6.07) is 6.02. The van der Waals surface area contributed by atoms with Crippen LogP contribution in [0.25, 0.3) is 0 Å². The summed E-state index contributed by atoms with van der Waals surface area (Å²) in [6.45, 7) is 6.36. The Kier molecular flexibility index (Phi) is 4.50. The number of nitrogens with one attached hydrogen (secondary N) is 1. The quantitative estimate of drug-likeness (QED) is 0.817. The van der Waals surface area contributed by atoms with E-state index in [1.807, 2.05) is 39.0 Å². The number of carbonyl (C=O) groups excluding carboxylic acids is 1. The van der Waals surface area contributed by atoms with Gasteiger partial charge in [-0.05, 0) is 37.5 Å². The van der Waals surface area contributed by atoms with Crippen LogP contribution in [0.5, 0.6) is 0 Å². The van der Waals surface area contributed by atoms with Gasteiger partial charge in [0.25, 0.3) is 0 Å². The molecule has 3 nitrogen and oxygen atoms in total. The molecule has 1 atom stereocenters. The molecule has 0 heterocycles. The molecule has 88 valence electrons. The molecule has 0 bridgehead atoms. The van der Waals surface area contributed by atoms with E-state index in [-0.39, 0.29) is 11.8 Å². The number of hydrogen-bond donors (Lipinski definition) is 2. The van der Waals surface area contributed by atoms with Crippen molar-refractivity contribution in [3.63, 3.8) is 0 Å². The van der Waals surface area contributed by atoms with Crippen molar-refractivity contribution >= 4 is 11.6 Å². The minimum absolute atomic E-state index is 0.0127. The summed E-state index contributed by atoms with van der Waals surface area (Å²) in [4.78, 5) is 11.8. The molecule has 0 aliphatic rings. The molecular formula is C13H20N2O. The number of rotatable bonds is 4. The second kappa shape index (κ2) is 5.66. The molecule has 3 heteroatoms. The van der Waals surface area contributed by atoms with Crippen molar-refractivity contribution in [2.45, 2.75) is 27.2 Å². The van der Waals surface area contributed by atoms with Gasteiger partial charge in [0, 0.05) is 12.2 Å². The molecule has 16 heavy (non-hydrogen) atoms. The van der Waals surface area contributed by atoms with Gasteiger partial charge in [-0.25, -0.2) is 0 Å². The van der Waals surface area contributed by atoms with Crippen LogP contribution in [0.3, 0.4) is 0 Å². The van der Waals surface area contributed by atoms with E-state index in [1.54, 1.807) is 0 Å². The Balaban J connectivity index is 2.80. The van der Waals surface area contributed by atoms with Crippen molar-refractivity contribution in [2.75, 3.05) is 11.9 Å². The highest BCUT2D eigenvalue weighted by atomic mass is 16.1. The Morgan fingerprint density at radius 1 is 1.44 bits per heavy atom. The van der Waals surface area contributed by atoms with E-state index in [1.165, 1.54) is 0 Å². The Morgan fingerprint density at radius 2 is 2.12 bits per heavy atom. The lowest BCUT2D eigenvalue weighted by Gasteiger charge is -2.14. The first-order valence-electron chi connectivity index (χ1n) is 5.66. The van der Waals surface area contributed by atoms with E-state index >= 15 is 0 Å². The number of hydrogen-bond acceptors (Lipinski definition) is 2. The smallest absolute Gasteiger partial charge is 0.228 e. The van der Waals surface area contributed by atoms with Crippen LogP contribution in [-0.2, 0) is 4.79 Å². The fraction of sp³-hybridized carbons (Fsp3) is 0.462. The van der Waals surface area contributed by atoms with Gasteiger partial charge in [0.1, 0.15) is 0 Å². The number of carbonyl (C=O) groups is 1. The molecule has 0 saturated carbocycles. The van der Waals surface area contributed by atoms with E-state index < -0.39 is 0 Å². The first-order valence-corrected chi connectivity index (χ1v) is 5.66. The van der Waals surface area contributed by atoms with Crippen molar-refractivity contribution in [3.05, 3.63) is 29.3 Å². The fourth-order valence-corrected chi connectivity index (χ4v) is 1.56. The third kappa shape index (κ3) is 3.07. The molecule has 0 aliphatic heterocycles. The lowest BCUT2D eigenvalue weighted by molar-refractivity contribution is -0.119. The molecule has 0 aromatic heterocycles. The maximum absolute atomic E-state index is 11.8. The summed E-state index contributed by atoms with van der Waals surface area (Å²) in [7, 11) is 0. The molecule has 0 radical (unpaired) electrons. The second-order valence-corrected chi connectivity index (χ2v) is 4.15. The molecule has 1 aromatic rings. The highest BCUT2D eigenvalue weighted by Crippen LogP contribution is 2.17. The lowest BCUT2D eigenvalue weighted by Crippen LogP contribution is -2.28. The lowest BCUT2D eigenvalue weighted by atomic mass is 10.1. The summed E-state index contributed by atoms with van der Waals surface area (Å²) in [6.07, 6.45) is 0.771. The van der Waals surface area contributed by atoms with Gasteiger partial charge >= 0.3 is 0 Å².